The van der Waals surface area contributed by atoms with Crippen molar-refractivity contribution in [2.24, 2.45) is 0 Å². The van der Waals surface area contributed by atoms with E-state index in [1.54, 1.807) is 11.1 Å². The molecule has 0 spiro atoms. The van der Waals surface area contributed by atoms with E-state index in [1.165, 1.54) is 5.56 Å². The zero-order chi connectivity index (χ0) is 18.0. The van der Waals surface area contributed by atoms with E-state index in [9.17, 15) is 9.59 Å². The highest BCUT2D eigenvalue weighted by atomic mass is 16.2. The van der Waals surface area contributed by atoms with Crippen molar-refractivity contribution < 1.29 is 4.79 Å². The molecule has 0 radical (unpaired) electrons. The Balaban J connectivity index is 1.71. The molecule has 26 heavy (non-hydrogen) atoms. The van der Waals surface area contributed by atoms with Gasteiger partial charge in [0.05, 0.1) is 5.52 Å². The number of hydrogen-bond donors (Lipinski definition) is 0. The molecule has 2 aromatic carbocycles. The molecule has 1 amide bonds. The summed E-state index contributed by atoms with van der Waals surface area (Å²) in [6.45, 7) is 4.17. The molecule has 1 aromatic heterocycles. The lowest BCUT2D eigenvalue weighted by Crippen LogP contribution is -2.38. The number of pyridine rings is 1. The van der Waals surface area contributed by atoms with Gasteiger partial charge in [0, 0.05) is 29.4 Å². The Bertz CT molecular complexity index is 1130. The van der Waals surface area contributed by atoms with Crippen molar-refractivity contribution in [2.45, 2.75) is 38.8 Å². The first-order valence-corrected chi connectivity index (χ1v) is 9.14. The van der Waals surface area contributed by atoms with Crippen LogP contribution in [-0.4, -0.2) is 16.5 Å². The number of nitrogens with zero attached hydrogens (tertiary/aromatic N) is 2. The van der Waals surface area contributed by atoms with Gasteiger partial charge in [-0.05, 0) is 49.9 Å². The number of carbonyl (C=O) groups is 1. The number of rotatable bonds is 1. The molecule has 3 heterocycles. The quantitative estimate of drug-likeness (QED) is 0.675. The van der Waals surface area contributed by atoms with Gasteiger partial charge in [-0.25, -0.2) is 0 Å². The maximum atomic E-state index is 13.4. The topological polar surface area (TPSA) is 42.3 Å². The highest BCUT2D eigenvalue weighted by Crippen LogP contribution is 2.34. The molecular formula is C22H20N2O2. The summed E-state index contributed by atoms with van der Waals surface area (Å²) in [5, 5.41) is 0.651. The van der Waals surface area contributed by atoms with Crippen LogP contribution in [0.4, 0.5) is 5.69 Å². The molecule has 2 aliphatic heterocycles. The van der Waals surface area contributed by atoms with Crippen LogP contribution >= 0.6 is 0 Å². The summed E-state index contributed by atoms with van der Waals surface area (Å²) >= 11 is 0. The minimum atomic E-state index is -0.192. The molecule has 0 aliphatic carbocycles. The molecule has 0 saturated heterocycles. The highest BCUT2D eigenvalue weighted by Gasteiger charge is 2.33. The molecule has 0 fully saturated rings. The maximum absolute atomic E-state index is 13.4. The van der Waals surface area contributed by atoms with Crippen LogP contribution in [0.1, 0.15) is 41.4 Å². The van der Waals surface area contributed by atoms with E-state index in [-0.39, 0.29) is 29.0 Å². The van der Waals surface area contributed by atoms with Gasteiger partial charge in [-0.15, -0.1) is 0 Å². The smallest absolute Gasteiger partial charge is 0.264 e. The van der Waals surface area contributed by atoms with Crippen molar-refractivity contribution in [3.05, 3.63) is 75.6 Å². The van der Waals surface area contributed by atoms with Gasteiger partial charge in [-0.1, -0.05) is 30.3 Å². The molecule has 4 nitrogen and oxygen atoms in total. The fourth-order valence-corrected chi connectivity index (χ4v) is 4.57. The standard InChI is InChI=1S/C22H20N2O2/c1-13-10-16-7-5-8-17-20(16)23(13)12-18(21(17)25)22(26)24-14(2)11-15-6-3-4-9-19(15)24/h3-9,12-14H,10-11H2,1-2H3/t13-,14-/m1/s1. The van der Waals surface area contributed by atoms with Gasteiger partial charge in [0.15, 0.2) is 0 Å². The van der Waals surface area contributed by atoms with Crippen molar-refractivity contribution in [1.29, 1.82) is 0 Å². The molecule has 2 aliphatic rings. The molecule has 0 unspecified atom stereocenters. The minimum Gasteiger partial charge on any atom is -0.343 e. The van der Waals surface area contributed by atoms with Crippen LogP contribution in [0.15, 0.2) is 53.5 Å². The van der Waals surface area contributed by atoms with Crippen LogP contribution in [0, 0.1) is 0 Å². The molecule has 3 aromatic rings. The second-order valence-electron chi connectivity index (χ2n) is 7.50. The van der Waals surface area contributed by atoms with Crippen LogP contribution in [0.25, 0.3) is 10.9 Å². The summed E-state index contributed by atoms with van der Waals surface area (Å²) in [6, 6.07) is 14.1. The van der Waals surface area contributed by atoms with Gasteiger partial charge in [-0.2, -0.15) is 0 Å². The Labute approximate surface area is 151 Å². The minimum absolute atomic E-state index is 0.0531. The number of hydrogen-bond acceptors (Lipinski definition) is 2. The monoisotopic (exact) mass is 344 g/mol. The van der Waals surface area contributed by atoms with Gasteiger partial charge in [-0.3, -0.25) is 9.59 Å². The fourth-order valence-electron chi connectivity index (χ4n) is 4.57. The second kappa shape index (κ2) is 5.31. The summed E-state index contributed by atoms with van der Waals surface area (Å²) in [5.41, 5.74) is 4.37. The summed E-state index contributed by atoms with van der Waals surface area (Å²) < 4.78 is 2.10. The van der Waals surface area contributed by atoms with Crippen molar-refractivity contribution in [1.82, 2.24) is 4.57 Å². The van der Waals surface area contributed by atoms with Crippen molar-refractivity contribution >= 4 is 22.5 Å². The zero-order valence-corrected chi connectivity index (χ0v) is 14.9. The number of anilines is 1. The van der Waals surface area contributed by atoms with Gasteiger partial charge < -0.3 is 9.47 Å². The number of benzene rings is 2. The van der Waals surface area contributed by atoms with Gasteiger partial charge in [0.25, 0.3) is 5.91 Å². The summed E-state index contributed by atoms with van der Waals surface area (Å²) in [5.74, 6) is -0.192. The number of amides is 1. The Kier molecular flexibility index (Phi) is 3.14. The Morgan fingerprint density at radius 2 is 1.69 bits per heavy atom. The normalized spacial score (nSPS) is 20.6. The Morgan fingerprint density at radius 1 is 0.962 bits per heavy atom. The van der Waals surface area contributed by atoms with E-state index in [4.69, 9.17) is 0 Å². The predicted molar refractivity (Wildman–Crippen MR) is 103 cm³/mol. The first-order chi connectivity index (χ1) is 12.6. The number of fused-ring (bicyclic) bond motifs is 1. The molecular weight excluding hydrogens is 324 g/mol. The van der Waals surface area contributed by atoms with E-state index in [0.717, 1.165) is 29.6 Å². The first kappa shape index (κ1) is 15.4. The molecule has 2 atom stereocenters. The third-order valence-corrected chi connectivity index (χ3v) is 5.78. The zero-order valence-electron chi connectivity index (χ0n) is 14.9. The average molecular weight is 344 g/mol. The lowest BCUT2D eigenvalue weighted by molar-refractivity contribution is 0.0980. The van der Waals surface area contributed by atoms with E-state index < -0.39 is 0 Å². The van der Waals surface area contributed by atoms with Crippen LogP contribution in [0.3, 0.4) is 0 Å². The predicted octanol–water partition coefficient (Wildman–Crippen LogP) is 3.71. The van der Waals surface area contributed by atoms with E-state index in [1.807, 2.05) is 37.3 Å². The lowest BCUT2D eigenvalue weighted by Gasteiger charge is -2.23. The number of carbonyl (C=O) groups excluding carboxylic acids is 1. The highest BCUT2D eigenvalue weighted by molar-refractivity contribution is 6.09. The summed E-state index contributed by atoms with van der Waals surface area (Å²) in [7, 11) is 0. The second-order valence-corrected chi connectivity index (χ2v) is 7.50. The van der Waals surface area contributed by atoms with Gasteiger partial charge >= 0.3 is 0 Å². The first-order valence-electron chi connectivity index (χ1n) is 9.14. The van der Waals surface area contributed by atoms with Gasteiger partial charge in [0.2, 0.25) is 5.43 Å². The van der Waals surface area contributed by atoms with E-state index in [2.05, 4.69) is 23.6 Å². The van der Waals surface area contributed by atoms with Crippen LogP contribution in [-0.2, 0) is 12.8 Å². The molecule has 0 saturated carbocycles. The fraction of sp³-hybridized carbons (Fsp3) is 0.273. The lowest BCUT2D eigenvalue weighted by atomic mass is 10.1. The van der Waals surface area contributed by atoms with Crippen molar-refractivity contribution in [2.75, 3.05) is 4.90 Å². The SMILES string of the molecule is C[C@@H]1Cc2ccccc2N1C(=O)c1cn2c3c(cccc3c1=O)C[C@H]2C. The van der Waals surface area contributed by atoms with Crippen LogP contribution in [0.5, 0.6) is 0 Å². The van der Waals surface area contributed by atoms with Crippen LogP contribution < -0.4 is 10.3 Å². The van der Waals surface area contributed by atoms with Crippen molar-refractivity contribution in [3.63, 3.8) is 0 Å². The summed E-state index contributed by atoms with van der Waals surface area (Å²) in [6.07, 6.45) is 3.50. The van der Waals surface area contributed by atoms with Gasteiger partial charge in [0.1, 0.15) is 5.56 Å². The molecule has 0 bridgehead atoms. The molecule has 5 rings (SSSR count). The number of aromatic nitrogens is 1. The third kappa shape index (κ3) is 1.96. The molecule has 0 N–H and O–H groups in total. The molecule has 130 valence electrons. The van der Waals surface area contributed by atoms with Crippen LogP contribution in [0.2, 0.25) is 0 Å². The number of para-hydroxylation sites is 2. The average Bonchev–Trinajstić information content (AvgIpc) is 3.14. The Morgan fingerprint density at radius 3 is 2.54 bits per heavy atom. The summed E-state index contributed by atoms with van der Waals surface area (Å²) in [4.78, 5) is 28.3. The largest absolute Gasteiger partial charge is 0.343 e. The van der Waals surface area contributed by atoms with E-state index in [0.29, 0.717) is 5.39 Å². The third-order valence-electron chi connectivity index (χ3n) is 5.78. The van der Waals surface area contributed by atoms with Crippen molar-refractivity contribution in [3.8, 4) is 0 Å². The Hall–Kier alpha value is -2.88. The molecule has 4 heteroatoms. The maximum Gasteiger partial charge on any atom is 0.264 e. The van der Waals surface area contributed by atoms with E-state index >= 15 is 0 Å².